The molecule has 1 aromatic heterocycles. The van der Waals surface area contributed by atoms with Gasteiger partial charge in [-0.25, -0.2) is 4.39 Å². The summed E-state index contributed by atoms with van der Waals surface area (Å²) in [6.45, 7) is 1.10. The van der Waals surface area contributed by atoms with E-state index < -0.39 is 5.82 Å². The van der Waals surface area contributed by atoms with Crippen molar-refractivity contribution in [1.29, 1.82) is 0 Å². The summed E-state index contributed by atoms with van der Waals surface area (Å²) < 4.78 is 13.2. The molecule has 7 heteroatoms. The minimum Gasteiger partial charge on any atom is -0.337 e. The number of hydrogen-bond acceptors (Lipinski definition) is 3. The van der Waals surface area contributed by atoms with Crippen LogP contribution in [0.2, 0.25) is 0 Å². The van der Waals surface area contributed by atoms with E-state index in [4.69, 9.17) is 5.73 Å². The highest BCUT2D eigenvalue weighted by Gasteiger charge is 2.25. The Morgan fingerprint density at radius 1 is 1.53 bits per heavy atom. The highest BCUT2D eigenvalue weighted by molar-refractivity contribution is 5.94. The maximum atomic E-state index is 13.2. The summed E-state index contributed by atoms with van der Waals surface area (Å²) in [5, 5.41) is 0. The van der Waals surface area contributed by atoms with Crippen LogP contribution in [0.1, 0.15) is 16.8 Å². The van der Waals surface area contributed by atoms with E-state index >= 15 is 0 Å². The molecule has 0 saturated carbocycles. The van der Waals surface area contributed by atoms with Gasteiger partial charge in [0.2, 0.25) is 0 Å². The lowest BCUT2D eigenvalue weighted by Gasteiger charge is -2.15. The van der Waals surface area contributed by atoms with Crippen LogP contribution in [0.15, 0.2) is 18.5 Å². The van der Waals surface area contributed by atoms with Gasteiger partial charge in [-0.05, 0) is 12.5 Å². The van der Waals surface area contributed by atoms with Gasteiger partial charge in [-0.1, -0.05) is 0 Å². The molecule has 0 unspecified atom stereocenters. The molecule has 0 aromatic carbocycles. The average Bonchev–Trinajstić information content (AvgIpc) is 2.65. The van der Waals surface area contributed by atoms with Gasteiger partial charge in [-0.15, -0.1) is 24.8 Å². The van der Waals surface area contributed by atoms with Crippen molar-refractivity contribution in [3.63, 3.8) is 0 Å². The maximum Gasteiger partial charge on any atom is 0.256 e. The summed E-state index contributed by atoms with van der Waals surface area (Å²) in [5.41, 5.74) is 5.75. The fourth-order valence-corrected chi connectivity index (χ4v) is 1.69. The molecular formula is C10H14Cl2FN3O. The minimum absolute atomic E-state index is 0. The molecule has 96 valence electrons. The van der Waals surface area contributed by atoms with Crippen molar-refractivity contribution >= 4 is 30.7 Å². The van der Waals surface area contributed by atoms with Crippen LogP contribution in [-0.4, -0.2) is 34.9 Å². The molecule has 0 spiro atoms. The predicted molar refractivity (Wildman–Crippen MR) is 67.2 cm³/mol. The van der Waals surface area contributed by atoms with Crippen molar-refractivity contribution in [3.8, 4) is 0 Å². The van der Waals surface area contributed by atoms with E-state index in [0.717, 1.165) is 12.6 Å². The lowest BCUT2D eigenvalue weighted by molar-refractivity contribution is 0.0786. The van der Waals surface area contributed by atoms with Crippen molar-refractivity contribution in [3.05, 3.63) is 29.8 Å². The summed E-state index contributed by atoms with van der Waals surface area (Å²) in [7, 11) is 0. The van der Waals surface area contributed by atoms with E-state index in [2.05, 4.69) is 4.98 Å². The molecule has 0 bridgehead atoms. The maximum absolute atomic E-state index is 13.2. The molecule has 1 aliphatic heterocycles. The first-order valence-corrected chi connectivity index (χ1v) is 4.83. The van der Waals surface area contributed by atoms with E-state index in [9.17, 15) is 9.18 Å². The Hall–Kier alpha value is -0.910. The standard InChI is InChI=1S/C10H12FN3O.2ClH/c11-9-5-13-3-1-8(9)10(15)14-4-2-7(12)6-14;;/h1,3,5,7H,2,4,6,12H2;2*1H/t7-;;/m1../s1. The first-order valence-electron chi connectivity index (χ1n) is 4.83. The molecule has 1 fully saturated rings. The summed E-state index contributed by atoms with van der Waals surface area (Å²) in [6, 6.07) is 1.40. The Kier molecular flexibility index (Phi) is 6.37. The first-order chi connectivity index (χ1) is 7.18. The SMILES string of the molecule is Cl.Cl.N[C@@H]1CCN(C(=O)c2ccncc2F)C1. The normalized spacial score (nSPS) is 18.2. The summed E-state index contributed by atoms with van der Waals surface area (Å²) >= 11 is 0. The van der Waals surface area contributed by atoms with Gasteiger partial charge in [-0.3, -0.25) is 9.78 Å². The second-order valence-electron chi connectivity index (χ2n) is 3.66. The largest absolute Gasteiger partial charge is 0.337 e. The monoisotopic (exact) mass is 281 g/mol. The van der Waals surface area contributed by atoms with E-state index in [0.29, 0.717) is 13.1 Å². The molecule has 4 nitrogen and oxygen atoms in total. The van der Waals surface area contributed by atoms with E-state index in [-0.39, 0.29) is 42.3 Å². The van der Waals surface area contributed by atoms with Crippen molar-refractivity contribution in [2.75, 3.05) is 13.1 Å². The van der Waals surface area contributed by atoms with Gasteiger partial charge < -0.3 is 10.6 Å². The summed E-state index contributed by atoms with van der Waals surface area (Å²) in [5.74, 6) is -0.883. The predicted octanol–water partition coefficient (Wildman–Crippen LogP) is 1.24. The molecule has 1 aromatic rings. The number of nitrogens with zero attached hydrogens (tertiary/aromatic N) is 2. The molecule has 1 saturated heterocycles. The van der Waals surface area contributed by atoms with Crippen LogP contribution in [0.3, 0.4) is 0 Å². The molecule has 2 rings (SSSR count). The molecule has 1 amide bonds. The molecule has 1 aliphatic rings. The summed E-state index contributed by atoms with van der Waals surface area (Å²) in [4.78, 5) is 17.0. The third-order valence-corrected chi connectivity index (χ3v) is 2.51. The van der Waals surface area contributed by atoms with Crippen molar-refractivity contribution in [2.24, 2.45) is 5.73 Å². The van der Waals surface area contributed by atoms with Gasteiger partial charge in [0.15, 0.2) is 5.82 Å². The van der Waals surface area contributed by atoms with E-state index in [1.807, 2.05) is 0 Å². The van der Waals surface area contributed by atoms with E-state index in [1.165, 1.54) is 12.3 Å². The number of hydrogen-bond donors (Lipinski definition) is 1. The minimum atomic E-state index is -0.581. The van der Waals surface area contributed by atoms with Gasteiger partial charge in [0.05, 0.1) is 11.8 Å². The van der Waals surface area contributed by atoms with Crippen LogP contribution in [0.4, 0.5) is 4.39 Å². The van der Waals surface area contributed by atoms with Crippen LogP contribution >= 0.6 is 24.8 Å². The van der Waals surface area contributed by atoms with Crippen molar-refractivity contribution in [2.45, 2.75) is 12.5 Å². The molecule has 0 radical (unpaired) electrons. The smallest absolute Gasteiger partial charge is 0.256 e. The molecule has 2 heterocycles. The van der Waals surface area contributed by atoms with Gasteiger partial charge in [0.25, 0.3) is 5.91 Å². The number of nitrogens with two attached hydrogens (primary N) is 1. The third kappa shape index (κ3) is 3.52. The average molecular weight is 282 g/mol. The number of pyridine rings is 1. The lowest BCUT2D eigenvalue weighted by atomic mass is 10.2. The zero-order valence-electron chi connectivity index (χ0n) is 9.01. The van der Waals surface area contributed by atoms with Gasteiger partial charge in [-0.2, -0.15) is 0 Å². The zero-order chi connectivity index (χ0) is 10.8. The van der Waals surface area contributed by atoms with Crippen molar-refractivity contribution in [1.82, 2.24) is 9.88 Å². The van der Waals surface area contributed by atoms with Crippen LogP contribution in [0.5, 0.6) is 0 Å². The van der Waals surface area contributed by atoms with Crippen LogP contribution in [-0.2, 0) is 0 Å². The number of carbonyl (C=O) groups is 1. The number of halogens is 3. The van der Waals surface area contributed by atoms with Crippen LogP contribution in [0, 0.1) is 5.82 Å². The fourth-order valence-electron chi connectivity index (χ4n) is 1.69. The number of likely N-dealkylation sites (tertiary alicyclic amines) is 1. The van der Waals surface area contributed by atoms with Gasteiger partial charge in [0.1, 0.15) is 0 Å². The Morgan fingerprint density at radius 3 is 2.76 bits per heavy atom. The highest BCUT2D eigenvalue weighted by Crippen LogP contribution is 2.13. The number of aromatic nitrogens is 1. The topological polar surface area (TPSA) is 59.2 Å². The number of rotatable bonds is 1. The number of amides is 1. The third-order valence-electron chi connectivity index (χ3n) is 2.51. The lowest BCUT2D eigenvalue weighted by Crippen LogP contribution is -2.32. The Bertz CT molecular complexity index is 392. The fraction of sp³-hybridized carbons (Fsp3) is 0.400. The van der Waals surface area contributed by atoms with Crippen molar-refractivity contribution < 1.29 is 9.18 Å². The Labute approximate surface area is 111 Å². The van der Waals surface area contributed by atoms with Crippen LogP contribution in [0.25, 0.3) is 0 Å². The molecule has 1 atom stereocenters. The zero-order valence-corrected chi connectivity index (χ0v) is 10.6. The van der Waals surface area contributed by atoms with Crippen LogP contribution < -0.4 is 5.73 Å². The molecule has 0 aliphatic carbocycles. The van der Waals surface area contributed by atoms with Gasteiger partial charge in [0, 0.05) is 25.3 Å². The molecule has 17 heavy (non-hydrogen) atoms. The molecular weight excluding hydrogens is 268 g/mol. The summed E-state index contributed by atoms with van der Waals surface area (Å²) in [6.07, 6.45) is 3.23. The number of carbonyl (C=O) groups excluding carboxylic acids is 1. The van der Waals surface area contributed by atoms with Gasteiger partial charge >= 0.3 is 0 Å². The quantitative estimate of drug-likeness (QED) is 0.843. The van der Waals surface area contributed by atoms with E-state index in [1.54, 1.807) is 4.90 Å². The Balaban J connectivity index is 0.00000128. The Morgan fingerprint density at radius 2 is 2.24 bits per heavy atom. The highest BCUT2D eigenvalue weighted by atomic mass is 35.5. The second kappa shape index (κ2) is 6.74. The first kappa shape index (κ1) is 16.1. The molecule has 2 N–H and O–H groups in total. The second-order valence-corrected chi connectivity index (χ2v) is 3.66.